The SMILES string of the molecule is CCOc1ccc(OCCNC(=O)N[C@H](C)c2cccs2)cc1. The van der Waals surface area contributed by atoms with Crippen LogP contribution in [0.25, 0.3) is 0 Å². The van der Waals surface area contributed by atoms with Crippen LogP contribution in [0.2, 0.25) is 0 Å². The van der Waals surface area contributed by atoms with Crippen LogP contribution < -0.4 is 20.1 Å². The lowest BCUT2D eigenvalue weighted by Gasteiger charge is -2.13. The molecule has 5 nitrogen and oxygen atoms in total. The summed E-state index contributed by atoms with van der Waals surface area (Å²) in [7, 11) is 0. The lowest BCUT2D eigenvalue weighted by atomic mass is 10.3. The average Bonchev–Trinajstić information content (AvgIpc) is 3.08. The second-order valence-corrected chi connectivity index (χ2v) is 5.87. The zero-order chi connectivity index (χ0) is 16.5. The third-order valence-electron chi connectivity index (χ3n) is 3.11. The van der Waals surface area contributed by atoms with Gasteiger partial charge in [0.1, 0.15) is 18.1 Å². The number of carbonyl (C=O) groups is 1. The van der Waals surface area contributed by atoms with Crippen LogP contribution in [0.3, 0.4) is 0 Å². The van der Waals surface area contributed by atoms with Gasteiger partial charge in [-0.25, -0.2) is 4.79 Å². The summed E-state index contributed by atoms with van der Waals surface area (Å²) in [4.78, 5) is 12.9. The van der Waals surface area contributed by atoms with Gasteiger partial charge in [-0.05, 0) is 49.6 Å². The Morgan fingerprint density at radius 1 is 1.17 bits per heavy atom. The maximum absolute atomic E-state index is 11.8. The van der Waals surface area contributed by atoms with Gasteiger partial charge in [0.15, 0.2) is 0 Å². The lowest BCUT2D eigenvalue weighted by molar-refractivity contribution is 0.233. The minimum Gasteiger partial charge on any atom is -0.494 e. The van der Waals surface area contributed by atoms with Crippen molar-refractivity contribution in [1.29, 1.82) is 0 Å². The summed E-state index contributed by atoms with van der Waals surface area (Å²) in [6, 6.07) is 11.2. The Morgan fingerprint density at radius 2 is 1.87 bits per heavy atom. The fourth-order valence-electron chi connectivity index (χ4n) is 1.99. The van der Waals surface area contributed by atoms with Crippen LogP contribution in [0.1, 0.15) is 24.8 Å². The third kappa shape index (κ3) is 5.83. The monoisotopic (exact) mass is 334 g/mol. The Hall–Kier alpha value is -2.21. The highest BCUT2D eigenvalue weighted by atomic mass is 32.1. The van der Waals surface area contributed by atoms with Gasteiger partial charge in [-0.15, -0.1) is 11.3 Å². The summed E-state index contributed by atoms with van der Waals surface area (Å²) in [6.07, 6.45) is 0. The molecule has 2 rings (SSSR count). The minimum atomic E-state index is -0.193. The van der Waals surface area contributed by atoms with E-state index >= 15 is 0 Å². The number of nitrogens with one attached hydrogen (secondary N) is 2. The maximum atomic E-state index is 11.8. The Bertz CT molecular complexity index is 584. The van der Waals surface area contributed by atoms with Crippen LogP contribution in [0.15, 0.2) is 41.8 Å². The highest BCUT2D eigenvalue weighted by Crippen LogP contribution is 2.18. The molecule has 0 aliphatic rings. The molecule has 1 aromatic carbocycles. The number of carbonyl (C=O) groups excluding carboxylic acids is 1. The molecule has 0 unspecified atom stereocenters. The molecule has 0 aliphatic heterocycles. The molecule has 2 N–H and O–H groups in total. The van der Waals surface area contributed by atoms with Gasteiger partial charge >= 0.3 is 6.03 Å². The van der Waals surface area contributed by atoms with E-state index in [1.165, 1.54) is 0 Å². The van der Waals surface area contributed by atoms with E-state index in [0.717, 1.165) is 16.4 Å². The molecular formula is C17H22N2O3S. The summed E-state index contributed by atoms with van der Waals surface area (Å²) >= 11 is 1.63. The normalized spacial score (nSPS) is 11.6. The van der Waals surface area contributed by atoms with Gasteiger partial charge in [0.05, 0.1) is 19.2 Å². The van der Waals surface area contributed by atoms with Crippen LogP contribution in [0.4, 0.5) is 4.79 Å². The van der Waals surface area contributed by atoms with E-state index in [-0.39, 0.29) is 12.1 Å². The minimum absolute atomic E-state index is 0.00188. The van der Waals surface area contributed by atoms with Crippen molar-refractivity contribution in [2.45, 2.75) is 19.9 Å². The van der Waals surface area contributed by atoms with Crippen LogP contribution in [0.5, 0.6) is 11.5 Å². The zero-order valence-corrected chi connectivity index (χ0v) is 14.2. The molecule has 0 radical (unpaired) electrons. The van der Waals surface area contributed by atoms with Crippen molar-refractivity contribution in [3.8, 4) is 11.5 Å². The fraction of sp³-hybridized carbons (Fsp3) is 0.353. The topological polar surface area (TPSA) is 59.6 Å². The summed E-state index contributed by atoms with van der Waals surface area (Å²) < 4.78 is 10.9. The summed E-state index contributed by atoms with van der Waals surface area (Å²) in [6.45, 7) is 5.40. The Labute approximate surface area is 140 Å². The van der Waals surface area contributed by atoms with Gasteiger partial charge in [-0.2, -0.15) is 0 Å². The van der Waals surface area contributed by atoms with Gasteiger partial charge < -0.3 is 20.1 Å². The van der Waals surface area contributed by atoms with Gasteiger partial charge in [0, 0.05) is 4.88 Å². The van der Waals surface area contributed by atoms with Gasteiger partial charge in [-0.3, -0.25) is 0 Å². The smallest absolute Gasteiger partial charge is 0.315 e. The number of hydrogen-bond acceptors (Lipinski definition) is 4. The predicted octanol–water partition coefficient (Wildman–Crippen LogP) is 3.59. The van der Waals surface area contributed by atoms with Crippen molar-refractivity contribution in [3.05, 3.63) is 46.7 Å². The molecule has 1 atom stereocenters. The van der Waals surface area contributed by atoms with E-state index in [9.17, 15) is 4.79 Å². The van der Waals surface area contributed by atoms with Gasteiger partial charge in [-0.1, -0.05) is 6.07 Å². The number of rotatable bonds is 8. The number of thiophene rings is 1. The molecule has 2 aromatic rings. The molecule has 1 aromatic heterocycles. The number of amides is 2. The zero-order valence-electron chi connectivity index (χ0n) is 13.4. The van der Waals surface area contributed by atoms with E-state index in [0.29, 0.717) is 19.8 Å². The van der Waals surface area contributed by atoms with Crippen molar-refractivity contribution >= 4 is 17.4 Å². The van der Waals surface area contributed by atoms with Crippen LogP contribution in [0, 0.1) is 0 Å². The third-order valence-corrected chi connectivity index (χ3v) is 4.16. The molecule has 0 fully saturated rings. The molecular weight excluding hydrogens is 312 g/mol. The Balaban J connectivity index is 1.63. The van der Waals surface area contributed by atoms with Crippen LogP contribution in [-0.2, 0) is 0 Å². The first-order valence-electron chi connectivity index (χ1n) is 7.62. The lowest BCUT2D eigenvalue weighted by Crippen LogP contribution is -2.38. The molecule has 2 amide bonds. The quantitative estimate of drug-likeness (QED) is 0.725. The molecule has 0 spiro atoms. The Kier molecular flexibility index (Phi) is 6.75. The molecule has 0 saturated heterocycles. The first-order valence-corrected chi connectivity index (χ1v) is 8.50. The van der Waals surface area contributed by atoms with E-state index in [1.807, 2.05) is 55.6 Å². The van der Waals surface area contributed by atoms with E-state index in [4.69, 9.17) is 9.47 Å². The number of hydrogen-bond donors (Lipinski definition) is 2. The summed E-state index contributed by atoms with van der Waals surface area (Å²) in [5.41, 5.74) is 0. The van der Waals surface area contributed by atoms with Gasteiger partial charge in [0.2, 0.25) is 0 Å². The second kappa shape index (κ2) is 9.05. The average molecular weight is 334 g/mol. The molecule has 124 valence electrons. The number of urea groups is 1. The van der Waals surface area contributed by atoms with E-state index in [1.54, 1.807) is 11.3 Å². The predicted molar refractivity (Wildman–Crippen MR) is 92.4 cm³/mol. The largest absolute Gasteiger partial charge is 0.494 e. The van der Waals surface area contributed by atoms with Gasteiger partial charge in [0.25, 0.3) is 0 Å². The molecule has 6 heteroatoms. The van der Waals surface area contributed by atoms with Crippen molar-refractivity contribution in [1.82, 2.24) is 10.6 Å². The van der Waals surface area contributed by atoms with Crippen LogP contribution in [-0.4, -0.2) is 25.8 Å². The van der Waals surface area contributed by atoms with Crippen molar-refractivity contribution < 1.29 is 14.3 Å². The van der Waals surface area contributed by atoms with Crippen molar-refractivity contribution in [2.24, 2.45) is 0 Å². The standard InChI is InChI=1S/C17H22N2O3S/c1-3-21-14-6-8-15(9-7-14)22-11-10-18-17(20)19-13(2)16-5-4-12-23-16/h4-9,12-13H,3,10-11H2,1-2H3,(H2,18,19,20)/t13-/m1/s1. The maximum Gasteiger partial charge on any atom is 0.315 e. The molecule has 0 bridgehead atoms. The van der Waals surface area contributed by atoms with E-state index in [2.05, 4.69) is 10.6 Å². The first-order chi connectivity index (χ1) is 11.2. The number of ether oxygens (including phenoxy) is 2. The Morgan fingerprint density at radius 3 is 2.48 bits per heavy atom. The number of benzene rings is 1. The second-order valence-electron chi connectivity index (χ2n) is 4.89. The van der Waals surface area contributed by atoms with E-state index < -0.39 is 0 Å². The summed E-state index contributed by atoms with van der Waals surface area (Å²) in [5, 5.41) is 7.67. The molecule has 23 heavy (non-hydrogen) atoms. The highest BCUT2D eigenvalue weighted by Gasteiger charge is 2.09. The molecule has 0 aliphatic carbocycles. The first kappa shape index (κ1) is 17.1. The molecule has 1 heterocycles. The summed E-state index contributed by atoms with van der Waals surface area (Å²) in [5.74, 6) is 1.57. The van der Waals surface area contributed by atoms with Crippen molar-refractivity contribution in [2.75, 3.05) is 19.8 Å². The molecule has 0 saturated carbocycles. The van der Waals surface area contributed by atoms with Crippen molar-refractivity contribution in [3.63, 3.8) is 0 Å². The fourth-order valence-corrected chi connectivity index (χ4v) is 2.72. The van der Waals surface area contributed by atoms with Crippen LogP contribution >= 0.6 is 11.3 Å². The highest BCUT2D eigenvalue weighted by molar-refractivity contribution is 7.10.